The molecule has 2 aromatic rings. The molecule has 0 bridgehead atoms. The Balaban J connectivity index is 1.66. The molecule has 1 amide bonds. The van der Waals surface area contributed by atoms with Gasteiger partial charge in [-0.3, -0.25) is 4.79 Å². The topological polar surface area (TPSA) is 32.3 Å². The number of hydrogen-bond acceptors (Lipinski definition) is 4. The highest BCUT2D eigenvalue weighted by Gasteiger charge is 2.22. The molecule has 1 N–H and O–H groups in total. The Hall–Kier alpha value is -1.17. The SMILES string of the molecule is O=C(CC1CCNC1)N(Cc1cccs1)Cc1cccs1. The van der Waals surface area contributed by atoms with Gasteiger partial charge in [0.2, 0.25) is 5.91 Å². The van der Waals surface area contributed by atoms with E-state index in [1.54, 1.807) is 22.7 Å². The van der Waals surface area contributed by atoms with Crippen LogP contribution in [-0.4, -0.2) is 23.9 Å². The molecule has 5 heteroatoms. The first-order valence-electron chi connectivity index (χ1n) is 7.34. The van der Waals surface area contributed by atoms with Crippen LogP contribution in [0.25, 0.3) is 0 Å². The molecule has 0 saturated carbocycles. The van der Waals surface area contributed by atoms with E-state index in [9.17, 15) is 4.79 Å². The Morgan fingerprint density at radius 2 is 1.86 bits per heavy atom. The second-order valence-electron chi connectivity index (χ2n) is 5.47. The minimum atomic E-state index is 0.283. The lowest BCUT2D eigenvalue weighted by Gasteiger charge is -2.23. The summed E-state index contributed by atoms with van der Waals surface area (Å²) in [5, 5.41) is 7.49. The highest BCUT2D eigenvalue weighted by molar-refractivity contribution is 7.10. The number of rotatable bonds is 6. The van der Waals surface area contributed by atoms with Crippen LogP contribution in [0.1, 0.15) is 22.6 Å². The largest absolute Gasteiger partial charge is 0.332 e. The molecule has 1 unspecified atom stereocenters. The molecule has 1 aliphatic rings. The average Bonchev–Trinajstić information content (AvgIpc) is 3.21. The maximum absolute atomic E-state index is 12.7. The van der Waals surface area contributed by atoms with Gasteiger partial charge in [0.05, 0.1) is 13.1 Å². The van der Waals surface area contributed by atoms with Gasteiger partial charge in [0.15, 0.2) is 0 Å². The molecular weight excluding hydrogens is 300 g/mol. The van der Waals surface area contributed by atoms with Crippen LogP contribution in [0.15, 0.2) is 35.0 Å². The third-order valence-corrected chi connectivity index (χ3v) is 5.55. The highest BCUT2D eigenvalue weighted by Crippen LogP contribution is 2.20. The summed E-state index contributed by atoms with van der Waals surface area (Å²) in [5.41, 5.74) is 0. The normalized spacial score (nSPS) is 18.0. The predicted molar refractivity (Wildman–Crippen MR) is 88.5 cm³/mol. The van der Waals surface area contributed by atoms with Crippen molar-refractivity contribution in [1.82, 2.24) is 10.2 Å². The zero-order valence-corrected chi connectivity index (χ0v) is 13.6. The molecule has 112 valence electrons. The van der Waals surface area contributed by atoms with Crippen LogP contribution >= 0.6 is 22.7 Å². The quantitative estimate of drug-likeness (QED) is 0.885. The molecule has 1 fully saturated rings. The maximum atomic E-state index is 12.7. The summed E-state index contributed by atoms with van der Waals surface area (Å²) in [6.45, 7) is 3.49. The van der Waals surface area contributed by atoms with E-state index in [1.165, 1.54) is 9.75 Å². The molecular formula is C16H20N2OS2. The zero-order chi connectivity index (χ0) is 14.5. The van der Waals surface area contributed by atoms with Crippen molar-refractivity contribution < 1.29 is 4.79 Å². The third-order valence-electron chi connectivity index (χ3n) is 3.83. The molecule has 0 radical (unpaired) electrons. The smallest absolute Gasteiger partial charge is 0.223 e. The number of hydrogen-bond donors (Lipinski definition) is 1. The van der Waals surface area contributed by atoms with Gasteiger partial charge < -0.3 is 10.2 Å². The zero-order valence-electron chi connectivity index (χ0n) is 12.0. The first-order chi connectivity index (χ1) is 10.3. The van der Waals surface area contributed by atoms with Gasteiger partial charge in [-0.15, -0.1) is 22.7 Å². The summed E-state index contributed by atoms with van der Waals surface area (Å²) in [4.78, 5) is 17.2. The molecule has 3 rings (SSSR count). The van der Waals surface area contributed by atoms with Gasteiger partial charge >= 0.3 is 0 Å². The van der Waals surface area contributed by atoms with E-state index in [0.717, 1.165) is 32.6 Å². The fraction of sp³-hybridized carbons (Fsp3) is 0.438. The molecule has 0 aliphatic carbocycles. The van der Waals surface area contributed by atoms with Crippen molar-refractivity contribution in [2.45, 2.75) is 25.9 Å². The summed E-state index contributed by atoms with van der Waals surface area (Å²) in [6, 6.07) is 8.32. The molecule has 2 aromatic heterocycles. The Bertz CT molecular complexity index is 509. The molecule has 1 aliphatic heterocycles. The van der Waals surface area contributed by atoms with Crippen molar-refractivity contribution in [3.8, 4) is 0 Å². The number of amides is 1. The number of nitrogens with zero attached hydrogens (tertiary/aromatic N) is 1. The lowest BCUT2D eigenvalue weighted by atomic mass is 10.0. The van der Waals surface area contributed by atoms with Crippen LogP contribution in [-0.2, 0) is 17.9 Å². The highest BCUT2D eigenvalue weighted by atomic mass is 32.1. The molecule has 21 heavy (non-hydrogen) atoms. The molecule has 0 aromatic carbocycles. The van der Waals surface area contributed by atoms with Gasteiger partial charge in [-0.2, -0.15) is 0 Å². The van der Waals surface area contributed by atoms with Crippen LogP contribution in [0, 0.1) is 5.92 Å². The van der Waals surface area contributed by atoms with Crippen molar-refractivity contribution in [2.24, 2.45) is 5.92 Å². The lowest BCUT2D eigenvalue weighted by molar-refractivity contribution is -0.133. The molecule has 1 saturated heterocycles. The molecule has 3 heterocycles. The predicted octanol–water partition coefficient (Wildman–Crippen LogP) is 3.34. The summed E-state index contributed by atoms with van der Waals surface area (Å²) in [6.07, 6.45) is 1.79. The minimum Gasteiger partial charge on any atom is -0.332 e. The second-order valence-corrected chi connectivity index (χ2v) is 7.54. The van der Waals surface area contributed by atoms with Crippen LogP contribution in [0.4, 0.5) is 0 Å². The van der Waals surface area contributed by atoms with Gasteiger partial charge in [0.25, 0.3) is 0 Å². The van der Waals surface area contributed by atoms with E-state index in [0.29, 0.717) is 12.3 Å². The van der Waals surface area contributed by atoms with E-state index in [2.05, 4.69) is 40.3 Å². The lowest BCUT2D eigenvalue weighted by Crippen LogP contribution is -2.31. The van der Waals surface area contributed by atoms with Gasteiger partial charge in [-0.25, -0.2) is 0 Å². The van der Waals surface area contributed by atoms with E-state index in [4.69, 9.17) is 0 Å². The maximum Gasteiger partial charge on any atom is 0.223 e. The van der Waals surface area contributed by atoms with Crippen molar-refractivity contribution in [3.63, 3.8) is 0 Å². The fourth-order valence-electron chi connectivity index (χ4n) is 2.68. The van der Waals surface area contributed by atoms with Crippen LogP contribution < -0.4 is 5.32 Å². The number of carbonyl (C=O) groups is 1. The van der Waals surface area contributed by atoms with Crippen molar-refractivity contribution in [1.29, 1.82) is 0 Å². The Labute approximate surface area is 133 Å². The molecule has 3 nitrogen and oxygen atoms in total. The first kappa shape index (κ1) is 14.8. The summed E-state index contributed by atoms with van der Waals surface area (Å²) >= 11 is 3.44. The Morgan fingerprint density at radius 3 is 2.33 bits per heavy atom. The standard InChI is InChI=1S/C16H20N2OS2/c19-16(9-13-5-6-17-10-13)18(11-14-3-1-7-20-14)12-15-4-2-8-21-15/h1-4,7-8,13,17H,5-6,9-12H2. The number of carbonyl (C=O) groups excluding carboxylic acids is 1. The fourth-order valence-corrected chi connectivity index (χ4v) is 4.12. The van der Waals surface area contributed by atoms with Crippen molar-refractivity contribution >= 4 is 28.6 Å². The molecule has 0 spiro atoms. The first-order valence-corrected chi connectivity index (χ1v) is 9.10. The van der Waals surface area contributed by atoms with Crippen molar-refractivity contribution in [3.05, 3.63) is 44.8 Å². The van der Waals surface area contributed by atoms with Crippen LogP contribution in [0.2, 0.25) is 0 Å². The van der Waals surface area contributed by atoms with E-state index >= 15 is 0 Å². The van der Waals surface area contributed by atoms with Gasteiger partial charge in [-0.1, -0.05) is 12.1 Å². The third kappa shape index (κ3) is 4.15. The Kier molecular flexibility index (Phi) is 5.06. The van der Waals surface area contributed by atoms with E-state index < -0.39 is 0 Å². The number of thiophene rings is 2. The van der Waals surface area contributed by atoms with Gasteiger partial charge in [0.1, 0.15) is 0 Å². The summed E-state index contributed by atoms with van der Waals surface area (Å²) in [7, 11) is 0. The average molecular weight is 320 g/mol. The minimum absolute atomic E-state index is 0.283. The van der Waals surface area contributed by atoms with Crippen LogP contribution in [0.3, 0.4) is 0 Å². The van der Waals surface area contributed by atoms with Gasteiger partial charge in [-0.05, 0) is 48.3 Å². The summed E-state index contributed by atoms with van der Waals surface area (Å²) < 4.78 is 0. The monoisotopic (exact) mass is 320 g/mol. The molecule has 1 atom stereocenters. The van der Waals surface area contributed by atoms with Crippen LogP contribution in [0.5, 0.6) is 0 Å². The van der Waals surface area contributed by atoms with E-state index in [-0.39, 0.29) is 5.91 Å². The van der Waals surface area contributed by atoms with Gasteiger partial charge in [0, 0.05) is 16.2 Å². The Morgan fingerprint density at radius 1 is 1.19 bits per heavy atom. The van der Waals surface area contributed by atoms with Crippen molar-refractivity contribution in [2.75, 3.05) is 13.1 Å². The van der Waals surface area contributed by atoms with E-state index in [1.807, 2.05) is 4.90 Å². The number of nitrogens with one attached hydrogen (secondary N) is 1. The summed E-state index contributed by atoms with van der Waals surface area (Å²) in [5.74, 6) is 0.789. The second kappa shape index (κ2) is 7.20.